The van der Waals surface area contributed by atoms with Crippen LogP contribution in [0, 0.1) is 0 Å². The summed E-state index contributed by atoms with van der Waals surface area (Å²) < 4.78 is 5.20. The molecule has 0 saturated carbocycles. The predicted molar refractivity (Wildman–Crippen MR) is 48.0 cm³/mol. The number of likely N-dealkylation sites (tertiary alicyclic amines) is 1. The summed E-state index contributed by atoms with van der Waals surface area (Å²) in [5.74, 6) is 1.10. The van der Waals surface area contributed by atoms with Gasteiger partial charge in [0.25, 0.3) is 0 Å². The zero-order valence-electron chi connectivity index (χ0n) is 7.69. The minimum atomic E-state index is 0.240. The molecule has 0 aromatic carbocycles. The van der Waals surface area contributed by atoms with E-state index in [0.717, 1.165) is 12.2 Å². The topological polar surface area (TPSA) is 33.5 Å². The molecule has 0 unspecified atom stereocenters. The van der Waals surface area contributed by atoms with E-state index in [0.29, 0.717) is 19.0 Å². The van der Waals surface area contributed by atoms with Gasteiger partial charge in [-0.25, -0.2) is 0 Å². The van der Waals surface area contributed by atoms with Crippen molar-refractivity contribution in [2.45, 2.75) is 32.4 Å². The van der Waals surface area contributed by atoms with Crippen molar-refractivity contribution < 1.29 is 9.21 Å². The Hall–Kier alpha value is -1.25. The molecule has 1 saturated heterocycles. The lowest BCUT2D eigenvalue weighted by molar-refractivity contribution is -0.129. The minimum absolute atomic E-state index is 0.240. The molecular weight excluding hydrogens is 166 g/mol. The van der Waals surface area contributed by atoms with E-state index in [2.05, 4.69) is 6.92 Å². The Bertz CT molecular complexity index is 292. The minimum Gasteiger partial charge on any atom is -0.467 e. The van der Waals surface area contributed by atoms with Gasteiger partial charge in [-0.1, -0.05) is 0 Å². The third-order valence-corrected chi connectivity index (χ3v) is 2.53. The number of amides is 1. The number of nitrogens with zero attached hydrogens (tertiary/aromatic N) is 1. The van der Waals surface area contributed by atoms with Gasteiger partial charge in [0.2, 0.25) is 5.91 Å². The van der Waals surface area contributed by atoms with Gasteiger partial charge in [0.15, 0.2) is 0 Å². The number of carbonyl (C=O) groups excluding carboxylic acids is 1. The molecule has 1 fully saturated rings. The highest BCUT2D eigenvalue weighted by molar-refractivity contribution is 5.78. The van der Waals surface area contributed by atoms with Crippen LogP contribution in [0.1, 0.15) is 25.5 Å². The molecular formula is C10H13NO2. The Balaban J connectivity index is 2.05. The van der Waals surface area contributed by atoms with E-state index in [1.54, 1.807) is 6.26 Å². The highest BCUT2D eigenvalue weighted by Crippen LogP contribution is 2.20. The van der Waals surface area contributed by atoms with Crippen LogP contribution in [0.5, 0.6) is 0 Å². The van der Waals surface area contributed by atoms with E-state index in [1.807, 2.05) is 17.0 Å². The summed E-state index contributed by atoms with van der Waals surface area (Å²) in [6.45, 7) is 2.70. The molecule has 1 aromatic rings. The average molecular weight is 179 g/mol. The van der Waals surface area contributed by atoms with Crippen molar-refractivity contribution in [3.8, 4) is 0 Å². The highest BCUT2D eigenvalue weighted by atomic mass is 16.3. The summed E-state index contributed by atoms with van der Waals surface area (Å²) in [6.07, 6.45) is 3.29. The number of hydrogen-bond donors (Lipinski definition) is 0. The molecule has 70 valence electrons. The van der Waals surface area contributed by atoms with Crippen LogP contribution >= 0.6 is 0 Å². The molecule has 1 aliphatic rings. The fraction of sp³-hybridized carbons (Fsp3) is 0.500. The van der Waals surface area contributed by atoms with Crippen molar-refractivity contribution in [2.24, 2.45) is 0 Å². The van der Waals surface area contributed by atoms with Crippen LogP contribution in [0.25, 0.3) is 0 Å². The van der Waals surface area contributed by atoms with E-state index in [9.17, 15) is 4.79 Å². The van der Waals surface area contributed by atoms with E-state index < -0.39 is 0 Å². The Kier molecular flexibility index (Phi) is 2.08. The zero-order valence-corrected chi connectivity index (χ0v) is 7.69. The quantitative estimate of drug-likeness (QED) is 0.693. The number of rotatable bonds is 2. The summed E-state index contributed by atoms with van der Waals surface area (Å²) in [4.78, 5) is 13.3. The van der Waals surface area contributed by atoms with Crippen LogP contribution in [-0.4, -0.2) is 16.8 Å². The second kappa shape index (κ2) is 3.24. The molecule has 1 aromatic heterocycles. The zero-order chi connectivity index (χ0) is 9.26. The number of furan rings is 1. The van der Waals surface area contributed by atoms with Crippen LogP contribution in [0.4, 0.5) is 0 Å². The van der Waals surface area contributed by atoms with Gasteiger partial charge in [-0.2, -0.15) is 0 Å². The molecule has 0 aliphatic carbocycles. The van der Waals surface area contributed by atoms with Gasteiger partial charge >= 0.3 is 0 Å². The number of hydrogen-bond acceptors (Lipinski definition) is 2. The maximum Gasteiger partial charge on any atom is 0.223 e. The summed E-state index contributed by atoms with van der Waals surface area (Å²) >= 11 is 0. The largest absolute Gasteiger partial charge is 0.467 e. The van der Waals surface area contributed by atoms with Gasteiger partial charge in [-0.3, -0.25) is 4.79 Å². The highest BCUT2D eigenvalue weighted by Gasteiger charge is 2.27. The Morgan fingerprint density at radius 3 is 3.08 bits per heavy atom. The first-order chi connectivity index (χ1) is 6.27. The summed E-state index contributed by atoms with van der Waals surface area (Å²) in [5.41, 5.74) is 0. The third-order valence-electron chi connectivity index (χ3n) is 2.53. The average Bonchev–Trinajstić information content (AvgIpc) is 2.70. The van der Waals surface area contributed by atoms with Gasteiger partial charge in [-0.05, 0) is 25.5 Å². The normalized spacial score (nSPS) is 22.7. The molecule has 1 atom stereocenters. The molecule has 1 aliphatic heterocycles. The molecule has 13 heavy (non-hydrogen) atoms. The van der Waals surface area contributed by atoms with Gasteiger partial charge < -0.3 is 9.32 Å². The van der Waals surface area contributed by atoms with Crippen LogP contribution in [0.15, 0.2) is 22.8 Å². The number of carbonyl (C=O) groups is 1. The van der Waals surface area contributed by atoms with Crippen molar-refractivity contribution in [2.75, 3.05) is 0 Å². The Morgan fingerprint density at radius 1 is 1.69 bits per heavy atom. The van der Waals surface area contributed by atoms with E-state index in [-0.39, 0.29) is 5.91 Å². The van der Waals surface area contributed by atoms with Crippen LogP contribution in [0.2, 0.25) is 0 Å². The Labute approximate surface area is 77.3 Å². The predicted octanol–water partition coefficient (Wildman–Crippen LogP) is 1.79. The summed E-state index contributed by atoms with van der Waals surface area (Å²) in [6, 6.07) is 4.11. The molecule has 3 nitrogen and oxygen atoms in total. The monoisotopic (exact) mass is 179 g/mol. The fourth-order valence-electron chi connectivity index (χ4n) is 1.69. The van der Waals surface area contributed by atoms with E-state index in [1.165, 1.54) is 0 Å². The van der Waals surface area contributed by atoms with Crippen LogP contribution < -0.4 is 0 Å². The van der Waals surface area contributed by atoms with Crippen molar-refractivity contribution in [1.82, 2.24) is 4.90 Å². The van der Waals surface area contributed by atoms with Crippen LogP contribution in [-0.2, 0) is 11.3 Å². The lowest BCUT2D eigenvalue weighted by Gasteiger charge is -2.19. The molecule has 0 radical (unpaired) electrons. The van der Waals surface area contributed by atoms with Crippen molar-refractivity contribution in [3.05, 3.63) is 24.2 Å². The first kappa shape index (κ1) is 8.35. The van der Waals surface area contributed by atoms with E-state index >= 15 is 0 Å². The molecule has 2 heterocycles. The third kappa shape index (κ3) is 1.59. The second-order valence-corrected chi connectivity index (χ2v) is 3.49. The maximum atomic E-state index is 11.4. The van der Waals surface area contributed by atoms with Gasteiger partial charge in [0.1, 0.15) is 5.76 Å². The molecule has 0 spiro atoms. The van der Waals surface area contributed by atoms with Crippen LogP contribution in [0.3, 0.4) is 0 Å². The maximum absolute atomic E-state index is 11.4. The van der Waals surface area contributed by atoms with Gasteiger partial charge in [0.05, 0.1) is 12.8 Å². The molecule has 3 heteroatoms. The van der Waals surface area contributed by atoms with Crippen molar-refractivity contribution >= 4 is 5.91 Å². The standard InChI is InChI=1S/C10H13NO2/c1-8-4-5-10(12)11(8)7-9-3-2-6-13-9/h2-3,6,8H,4-5,7H2,1H3/t8-/m1/s1. The fourth-order valence-corrected chi connectivity index (χ4v) is 1.69. The summed E-state index contributed by atoms with van der Waals surface area (Å²) in [5, 5.41) is 0. The first-order valence-electron chi connectivity index (χ1n) is 4.59. The van der Waals surface area contributed by atoms with Crippen molar-refractivity contribution in [3.63, 3.8) is 0 Å². The smallest absolute Gasteiger partial charge is 0.223 e. The lowest BCUT2D eigenvalue weighted by Crippen LogP contribution is -2.29. The first-order valence-corrected chi connectivity index (χ1v) is 4.59. The molecule has 0 bridgehead atoms. The second-order valence-electron chi connectivity index (χ2n) is 3.49. The van der Waals surface area contributed by atoms with Crippen molar-refractivity contribution in [1.29, 1.82) is 0 Å². The SMILES string of the molecule is C[C@@H]1CCC(=O)N1Cc1ccco1. The Morgan fingerprint density at radius 2 is 2.54 bits per heavy atom. The van der Waals surface area contributed by atoms with Gasteiger partial charge in [-0.15, -0.1) is 0 Å². The molecule has 2 rings (SSSR count). The summed E-state index contributed by atoms with van der Waals surface area (Å²) in [7, 11) is 0. The molecule has 0 N–H and O–H groups in total. The molecule has 1 amide bonds. The van der Waals surface area contributed by atoms with E-state index in [4.69, 9.17) is 4.42 Å². The van der Waals surface area contributed by atoms with Gasteiger partial charge in [0, 0.05) is 12.5 Å². The lowest BCUT2D eigenvalue weighted by atomic mass is 10.2.